The number of benzene rings is 2. The number of halogens is 3. The number of fused-ring (bicyclic) bond motifs is 1. The highest BCUT2D eigenvalue weighted by molar-refractivity contribution is 6.36. The van der Waals surface area contributed by atoms with E-state index in [1.807, 2.05) is 23.1 Å². The molecular weight excluding hydrogens is 436 g/mol. The van der Waals surface area contributed by atoms with Gasteiger partial charge in [0.15, 0.2) is 5.78 Å². The molecule has 0 spiro atoms. The number of Topliss-reactive ketones (excluding diaryl/α,β-unsaturated/α-hetero) is 1. The van der Waals surface area contributed by atoms with Gasteiger partial charge in [-0.25, -0.2) is 4.39 Å². The maximum absolute atomic E-state index is 13.9. The Labute approximate surface area is 191 Å². The fraction of sp³-hybridized carbons (Fsp3) is 0.292. The molecule has 0 radical (unpaired) electrons. The number of carbonyl (C=O) groups excluding carboxylic acids is 1. The van der Waals surface area contributed by atoms with Gasteiger partial charge >= 0.3 is 0 Å². The van der Waals surface area contributed by atoms with Crippen molar-refractivity contribution in [2.45, 2.75) is 38.6 Å². The highest BCUT2D eigenvalue weighted by Gasteiger charge is 2.23. The summed E-state index contributed by atoms with van der Waals surface area (Å²) in [6.45, 7) is 1.08. The molecule has 0 saturated carbocycles. The first-order chi connectivity index (χ1) is 15.0. The number of aromatic nitrogens is 2. The van der Waals surface area contributed by atoms with Crippen molar-refractivity contribution in [3.05, 3.63) is 86.9 Å². The van der Waals surface area contributed by atoms with Gasteiger partial charge < -0.3 is 4.90 Å². The Hall–Kier alpha value is -2.50. The molecule has 0 saturated heterocycles. The van der Waals surface area contributed by atoms with Crippen LogP contribution in [0.4, 0.5) is 10.1 Å². The Balaban J connectivity index is 1.50. The number of anilines is 1. The maximum atomic E-state index is 13.9. The van der Waals surface area contributed by atoms with Crippen LogP contribution in [0, 0.1) is 5.82 Å². The van der Waals surface area contributed by atoms with Gasteiger partial charge in [0.25, 0.3) is 0 Å². The molecule has 4 rings (SSSR count). The Morgan fingerprint density at radius 2 is 1.90 bits per heavy atom. The van der Waals surface area contributed by atoms with Crippen LogP contribution in [0.25, 0.3) is 0 Å². The van der Waals surface area contributed by atoms with Crippen LogP contribution < -0.4 is 4.90 Å². The van der Waals surface area contributed by atoms with Gasteiger partial charge in [0.1, 0.15) is 11.5 Å². The zero-order valence-electron chi connectivity index (χ0n) is 17.0. The molecule has 0 fully saturated rings. The molecule has 160 valence electrons. The van der Waals surface area contributed by atoms with Crippen LogP contribution >= 0.6 is 23.2 Å². The fourth-order valence-electron chi connectivity index (χ4n) is 3.85. The molecule has 1 aliphatic heterocycles. The number of hydrogen-bond acceptors (Lipinski definition) is 4. The van der Waals surface area contributed by atoms with Crippen molar-refractivity contribution < 1.29 is 9.18 Å². The van der Waals surface area contributed by atoms with Crippen molar-refractivity contribution in [2.75, 3.05) is 11.4 Å². The lowest BCUT2D eigenvalue weighted by atomic mass is 10.0. The van der Waals surface area contributed by atoms with Gasteiger partial charge in [-0.1, -0.05) is 53.5 Å². The topological polar surface area (TPSA) is 46.1 Å². The third-order valence-corrected chi connectivity index (χ3v) is 6.28. The fourth-order valence-corrected chi connectivity index (χ4v) is 4.34. The summed E-state index contributed by atoms with van der Waals surface area (Å²) < 4.78 is 13.9. The molecule has 2 aromatic carbocycles. The van der Waals surface area contributed by atoms with Crippen LogP contribution in [0.5, 0.6) is 0 Å². The second-order valence-corrected chi connectivity index (χ2v) is 8.46. The standard InChI is InChI=1S/C24H22Cl2FN3O/c25-18-11-12-19(27)24(26)17(18)15-30-13-5-9-20-22(30)14-21(29-28-20)23(31)10-4-8-16-6-2-1-3-7-16/h1-3,6-7,11-12,14H,4-5,8-10,13,15H2. The van der Waals surface area contributed by atoms with Crippen LogP contribution in [0.15, 0.2) is 48.5 Å². The lowest BCUT2D eigenvalue weighted by Crippen LogP contribution is -2.30. The van der Waals surface area contributed by atoms with E-state index in [1.54, 1.807) is 6.07 Å². The molecule has 0 N–H and O–H groups in total. The zero-order valence-corrected chi connectivity index (χ0v) is 18.5. The maximum Gasteiger partial charge on any atom is 0.183 e. The Kier molecular flexibility index (Phi) is 6.83. The largest absolute Gasteiger partial charge is 0.365 e. The van der Waals surface area contributed by atoms with E-state index < -0.39 is 5.82 Å². The van der Waals surface area contributed by atoms with Crippen molar-refractivity contribution in [2.24, 2.45) is 0 Å². The van der Waals surface area contributed by atoms with Crippen LogP contribution in [0.3, 0.4) is 0 Å². The highest BCUT2D eigenvalue weighted by atomic mass is 35.5. The van der Waals surface area contributed by atoms with Crippen molar-refractivity contribution in [3.63, 3.8) is 0 Å². The first-order valence-corrected chi connectivity index (χ1v) is 11.1. The summed E-state index contributed by atoms with van der Waals surface area (Å²) in [4.78, 5) is 14.8. The minimum atomic E-state index is -0.500. The summed E-state index contributed by atoms with van der Waals surface area (Å²) >= 11 is 12.4. The second kappa shape index (κ2) is 9.75. The molecule has 0 atom stereocenters. The monoisotopic (exact) mass is 457 g/mol. The summed E-state index contributed by atoms with van der Waals surface area (Å²) in [5, 5.41) is 8.92. The van der Waals surface area contributed by atoms with Gasteiger partial charge in [-0.3, -0.25) is 4.79 Å². The van der Waals surface area contributed by atoms with E-state index in [0.29, 0.717) is 29.2 Å². The van der Waals surface area contributed by atoms with Crippen molar-refractivity contribution in [1.82, 2.24) is 10.2 Å². The van der Waals surface area contributed by atoms with Crippen LogP contribution in [0.2, 0.25) is 10.0 Å². The van der Waals surface area contributed by atoms with Crippen molar-refractivity contribution >= 4 is 34.7 Å². The minimum Gasteiger partial charge on any atom is -0.365 e. The molecule has 0 amide bonds. The Bertz CT molecular complexity index is 1090. The van der Waals surface area contributed by atoms with Crippen LogP contribution in [-0.2, 0) is 19.4 Å². The van der Waals surface area contributed by atoms with Crippen molar-refractivity contribution in [1.29, 1.82) is 0 Å². The summed E-state index contributed by atoms with van der Waals surface area (Å²) in [7, 11) is 0. The van der Waals surface area contributed by atoms with E-state index in [0.717, 1.165) is 43.6 Å². The van der Waals surface area contributed by atoms with E-state index in [4.69, 9.17) is 23.2 Å². The Morgan fingerprint density at radius 1 is 1.10 bits per heavy atom. The van der Waals surface area contributed by atoms with Gasteiger partial charge in [0.2, 0.25) is 0 Å². The summed E-state index contributed by atoms with van der Waals surface area (Å²) in [6.07, 6.45) is 3.67. The van der Waals surface area contributed by atoms with Gasteiger partial charge in [-0.2, -0.15) is 5.10 Å². The third-order valence-electron chi connectivity index (χ3n) is 5.52. The Morgan fingerprint density at radius 3 is 2.71 bits per heavy atom. The van der Waals surface area contributed by atoms with E-state index in [-0.39, 0.29) is 10.8 Å². The average molecular weight is 458 g/mol. The number of hydrogen-bond donors (Lipinski definition) is 0. The average Bonchev–Trinajstić information content (AvgIpc) is 2.79. The number of carbonyl (C=O) groups is 1. The second-order valence-electron chi connectivity index (χ2n) is 7.67. The molecule has 31 heavy (non-hydrogen) atoms. The minimum absolute atomic E-state index is 0.0267. The number of rotatable bonds is 7. The molecular formula is C24H22Cl2FN3O. The summed E-state index contributed by atoms with van der Waals surface area (Å²) in [5.41, 5.74) is 3.76. The molecule has 0 unspecified atom stereocenters. The first-order valence-electron chi connectivity index (χ1n) is 10.3. The number of aryl methyl sites for hydroxylation is 2. The van der Waals surface area contributed by atoms with Crippen LogP contribution in [-0.4, -0.2) is 22.5 Å². The van der Waals surface area contributed by atoms with E-state index >= 15 is 0 Å². The van der Waals surface area contributed by atoms with Gasteiger partial charge in [-0.15, -0.1) is 5.10 Å². The van der Waals surface area contributed by atoms with E-state index in [1.165, 1.54) is 17.7 Å². The predicted octanol–water partition coefficient (Wildman–Crippen LogP) is 6.08. The molecule has 1 aromatic heterocycles. The molecule has 4 nitrogen and oxygen atoms in total. The molecule has 0 bridgehead atoms. The number of nitrogens with zero attached hydrogens (tertiary/aromatic N) is 3. The smallest absolute Gasteiger partial charge is 0.183 e. The SMILES string of the molecule is O=C(CCCc1ccccc1)c1cc2c(nn1)CCCN2Cc1c(Cl)ccc(F)c1Cl. The van der Waals surface area contributed by atoms with E-state index in [2.05, 4.69) is 22.3 Å². The van der Waals surface area contributed by atoms with Gasteiger partial charge in [0, 0.05) is 30.1 Å². The molecule has 3 aromatic rings. The summed E-state index contributed by atoms with van der Waals surface area (Å²) in [6, 6.07) is 14.7. The highest BCUT2D eigenvalue weighted by Crippen LogP contribution is 2.33. The molecule has 7 heteroatoms. The lowest BCUT2D eigenvalue weighted by Gasteiger charge is -2.31. The first kappa shape index (κ1) is 21.7. The normalized spacial score (nSPS) is 13.2. The third kappa shape index (κ3) is 5.05. The molecule has 1 aliphatic rings. The number of ketones is 1. The summed E-state index contributed by atoms with van der Waals surface area (Å²) in [5.74, 6) is -0.529. The molecule has 0 aliphatic carbocycles. The predicted molar refractivity (Wildman–Crippen MR) is 122 cm³/mol. The van der Waals surface area contributed by atoms with Crippen molar-refractivity contribution in [3.8, 4) is 0 Å². The quantitative estimate of drug-likeness (QED) is 0.318. The lowest BCUT2D eigenvalue weighted by molar-refractivity contribution is 0.0974. The zero-order chi connectivity index (χ0) is 21.8. The van der Waals surface area contributed by atoms with Gasteiger partial charge in [0.05, 0.1) is 16.4 Å². The van der Waals surface area contributed by atoms with E-state index in [9.17, 15) is 9.18 Å². The molecule has 2 heterocycles. The van der Waals surface area contributed by atoms with Gasteiger partial charge in [-0.05, 0) is 49.4 Å². The van der Waals surface area contributed by atoms with Crippen LogP contribution in [0.1, 0.15) is 46.6 Å².